The lowest BCUT2D eigenvalue weighted by molar-refractivity contribution is 0.894. The number of benzene rings is 1. The molecular weight excluding hydrogens is 284 g/mol. The number of hydrogen-bond donors (Lipinski definition) is 0. The van der Waals surface area contributed by atoms with Crippen molar-refractivity contribution in [2.24, 2.45) is 0 Å². The highest BCUT2D eigenvalue weighted by molar-refractivity contribution is 7.99. The van der Waals surface area contributed by atoms with Crippen molar-refractivity contribution in [3.05, 3.63) is 40.5 Å². The summed E-state index contributed by atoms with van der Waals surface area (Å²) in [4.78, 5) is 9.77. The smallest absolute Gasteiger partial charge is 0.189 e. The van der Waals surface area contributed by atoms with Crippen LogP contribution in [0.15, 0.2) is 39.3 Å². The second-order valence-electron chi connectivity index (χ2n) is 3.89. The van der Waals surface area contributed by atoms with E-state index in [4.69, 9.17) is 11.6 Å². The Labute approximate surface area is 121 Å². The number of nitrogens with zero attached hydrogens (tertiary/aromatic N) is 2. The highest BCUT2D eigenvalue weighted by Crippen LogP contribution is 2.31. The molecule has 1 heterocycles. The first-order valence-corrected chi connectivity index (χ1v) is 7.84. The highest BCUT2D eigenvalue weighted by atomic mass is 35.5. The van der Waals surface area contributed by atoms with Gasteiger partial charge in [-0.2, -0.15) is 0 Å². The predicted molar refractivity (Wildman–Crippen MR) is 78.9 cm³/mol. The Morgan fingerprint density at radius 3 is 2.56 bits per heavy atom. The molecule has 0 bridgehead atoms. The van der Waals surface area contributed by atoms with Crippen molar-refractivity contribution in [1.82, 2.24) is 9.97 Å². The number of thioether (sulfide) groups is 1. The maximum Gasteiger partial charge on any atom is 0.189 e. The van der Waals surface area contributed by atoms with Gasteiger partial charge in [0.25, 0.3) is 0 Å². The fraction of sp³-hybridized carbons (Fsp3) is 0.231. The summed E-state index contributed by atoms with van der Waals surface area (Å²) in [5.74, 6) is 0. The third-order valence-electron chi connectivity index (χ3n) is 2.38. The van der Waals surface area contributed by atoms with E-state index in [0.29, 0.717) is 10.3 Å². The summed E-state index contributed by atoms with van der Waals surface area (Å²) in [5.41, 5.74) is 2.52. The van der Waals surface area contributed by atoms with Crippen LogP contribution in [-0.4, -0.2) is 16.2 Å². The van der Waals surface area contributed by atoms with Crippen molar-refractivity contribution >= 4 is 35.1 Å². The van der Waals surface area contributed by atoms with Gasteiger partial charge in [-0.05, 0) is 31.7 Å². The van der Waals surface area contributed by atoms with Gasteiger partial charge in [-0.1, -0.05) is 52.8 Å². The molecule has 0 aliphatic heterocycles. The van der Waals surface area contributed by atoms with E-state index >= 15 is 0 Å². The predicted octanol–water partition coefficient (Wildman–Crippen LogP) is 4.62. The average molecular weight is 297 g/mol. The van der Waals surface area contributed by atoms with E-state index < -0.39 is 0 Å². The summed E-state index contributed by atoms with van der Waals surface area (Å²) in [6.45, 7) is 4.20. The molecule has 0 aliphatic rings. The topological polar surface area (TPSA) is 25.8 Å². The van der Waals surface area contributed by atoms with E-state index in [1.165, 1.54) is 27.8 Å². The molecule has 0 atom stereocenters. The zero-order valence-electron chi connectivity index (χ0n) is 10.4. The van der Waals surface area contributed by atoms with Gasteiger partial charge in [-0.15, -0.1) is 0 Å². The lowest BCUT2D eigenvalue weighted by Crippen LogP contribution is -1.90. The number of aromatic nitrogens is 2. The second-order valence-corrected chi connectivity index (χ2v) is 6.11. The molecule has 0 radical (unpaired) electrons. The third-order valence-corrected chi connectivity index (χ3v) is 4.22. The monoisotopic (exact) mass is 296 g/mol. The zero-order valence-corrected chi connectivity index (χ0v) is 12.8. The molecule has 2 nitrogen and oxygen atoms in total. The molecule has 5 heteroatoms. The Balaban J connectivity index is 2.30. The van der Waals surface area contributed by atoms with Crippen LogP contribution in [0.3, 0.4) is 0 Å². The van der Waals surface area contributed by atoms with Gasteiger partial charge in [0, 0.05) is 11.0 Å². The van der Waals surface area contributed by atoms with E-state index in [-0.39, 0.29) is 0 Å². The van der Waals surface area contributed by atoms with E-state index in [2.05, 4.69) is 42.0 Å². The quantitative estimate of drug-likeness (QED) is 0.469. The van der Waals surface area contributed by atoms with Crippen LogP contribution in [0.2, 0.25) is 5.15 Å². The molecule has 0 amide bonds. The van der Waals surface area contributed by atoms with Crippen LogP contribution < -0.4 is 0 Å². The summed E-state index contributed by atoms with van der Waals surface area (Å²) >= 11 is 9.09. The maximum absolute atomic E-state index is 5.98. The van der Waals surface area contributed by atoms with Crippen molar-refractivity contribution in [2.45, 2.75) is 28.9 Å². The van der Waals surface area contributed by atoms with Gasteiger partial charge in [0.1, 0.15) is 10.2 Å². The molecule has 0 saturated heterocycles. The fourth-order valence-electron chi connectivity index (χ4n) is 1.55. The van der Waals surface area contributed by atoms with Gasteiger partial charge >= 0.3 is 0 Å². The van der Waals surface area contributed by atoms with Crippen LogP contribution in [0.25, 0.3) is 0 Å². The van der Waals surface area contributed by atoms with Gasteiger partial charge in [-0.3, -0.25) is 0 Å². The van der Waals surface area contributed by atoms with Gasteiger partial charge < -0.3 is 0 Å². The molecule has 2 aromatic rings. The molecule has 94 valence electrons. The molecule has 0 N–H and O–H groups in total. The third kappa shape index (κ3) is 3.40. The molecule has 0 unspecified atom stereocenters. The van der Waals surface area contributed by atoms with Crippen molar-refractivity contribution < 1.29 is 0 Å². The van der Waals surface area contributed by atoms with Crippen molar-refractivity contribution in [3.63, 3.8) is 0 Å². The first-order valence-electron chi connectivity index (χ1n) is 5.42. The van der Waals surface area contributed by atoms with Crippen LogP contribution in [0, 0.1) is 13.8 Å². The number of hydrogen-bond acceptors (Lipinski definition) is 4. The van der Waals surface area contributed by atoms with Crippen LogP contribution in [0.1, 0.15) is 11.1 Å². The largest absolute Gasteiger partial charge is 0.216 e. The van der Waals surface area contributed by atoms with Crippen LogP contribution >= 0.6 is 35.1 Å². The van der Waals surface area contributed by atoms with Crippen LogP contribution in [-0.2, 0) is 0 Å². The van der Waals surface area contributed by atoms with Crippen molar-refractivity contribution in [2.75, 3.05) is 6.26 Å². The first-order chi connectivity index (χ1) is 8.58. The minimum Gasteiger partial charge on any atom is -0.216 e. The van der Waals surface area contributed by atoms with E-state index in [0.717, 1.165) is 5.03 Å². The lowest BCUT2D eigenvalue weighted by atomic mass is 10.2. The van der Waals surface area contributed by atoms with E-state index in [9.17, 15) is 0 Å². The van der Waals surface area contributed by atoms with Crippen molar-refractivity contribution in [1.29, 1.82) is 0 Å². The molecule has 0 aliphatic carbocycles. The van der Waals surface area contributed by atoms with E-state index in [1.807, 2.05) is 6.26 Å². The van der Waals surface area contributed by atoms with E-state index in [1.54, 1.807) is 17.8 Å². The molecule has 0 spiro atoms. The molecule has 1 aromatic heterocycles. The first kappa shape index (κ1) is 13.7. The minimum atomic E-state index is 0.488. The van der Waals surface area contributed by atoms with Crippen molar-refractivity contribution in [3.8, 4) is 0 Å². The Morgan fingerprint density at radius 1 is 1.11 bits per heavy atom. The average Bonchev–Trinajstić information content (AvgIpc) is 2.32. The van der Waals surface area contributed by atoms with Gasteiger partial charge in [0.15, 0.2) is 5.16 Å². The summed E-state index contributed by atoms with van der Waals surface area (Å²) < 4.78 is 0. The minimum absolute atomic E-state index is 0.488. The highest BCUT2D eigenvalue weighted by Gasteiger charge is 2.06. The molecule has 1 aromatic carbocycles. The Hall–Kier alpha value is -0.710. The second kappa shape index (κ2) is 5.95. The fourth-order valence-corrected chi connectivity index (χ4v) is 3.17. The van der Waals surface area contributed by atoms with Gasteiger partial charge in [0.2, 0.25) is 0 Å². The normalized spacial score (nSPS) is 10.7. The molecule has 0 fully saturated rings. The molecule has 2 rings (SSSR count). The molecule has 18 heavy (non-hydrogen) atoms. The number of aryl methyl sites for hydroxylation is 2. The summed E-state index contributed by atoms with van der Waals surface area (Å²) in [7, 11) is 0. The number of rotatable bonds is 3. The maximum atomic E-state index is 5.98. The lowest BCUT2D eigenvalue weighted by Gasteiger charge is -2.07. The van der Waals surface area contributed by atoms with Crippen LogP contribution in [0.4, 0.5) is 0 Å². The standard InChI is InChI=1S/C13H13ClN2S2/c1-8-4-5-10(9(2)6-8)18-12-7-11(14)15-13(16-12)17-3/h4-7H,1-3H3. The molecular formula is C13H13ClN2S2. The Kier molecular flexibility index (Phi) is 4.54. The zero-order chi connectivity index (χ0) is 13.1. The van der Waals surface area contributed by atoms with Gasteiger partial charge in [0.05, 0.1) is 0 Å². The number of halogens is 1. The summed E-state index contributed by atoms with van der Waals surface area (Å²) in [6, 6.07) is 8.18. The Morgan fingerprint density at radius 2 is 1.89 bits per heavy atom. The summed E-state index contributed by atoms with van der Waals surface area (Å²) in [5, 5.41) is 2.07. The van der Waals surface area contributed by atoms with Crippen LogP contribution in [0.5, 0.6) is 0 Å². The Bertz CT molecular complexity index is 573. The van der Waals surface area contributed by atoms with Gasteiger partial charge in [-0.25, -0.2) is 9.97 Å². The molecule has 0 saturated carbocycles. The SMILES string of the molecule is CSc1nc(Cl)cc(Sc2ccc(C)cc2C)n1. The summed E-state index contributed by atoms with van der Waals surface area (Å²) in [6.07, 6.45) is 1.94.